The summed E-state index contributed by atoms with van der Waals surface area (Å²) in [5, 5.41) is 10.5. The number of aryl methyl sites for hydroxylation is 1. The number of benzene rings is 3. The van der Waals surface area contributed by atoms with Gasteiger partial charge in [0.1, 0.15) is 25.9 Å². The third-order valence-corrected chi connectivity index (χ3v) is 10.8. The summed E-state index contributed by atoms with van der Waals surface area (Å²) in [6, 6.07) is 15.2. The first-order valence-electron chi connectivity index (χ1n) is 21.7. The standard InChI is InChI=1S/C46H46F5N5O15/c1-23(57)65-22-33-41(67-24(2)58)43(68-25(3)59)44(69-26(4)60)45(70-33)64-18-17-56-19-27(53-54-56)13-14-34(61)55(20-35(62)71-42-39(50)37(48)36(47)38(49)40(42)51)16-15-52-46(63)66-21-32-30-11-7-5-9-28(30)29-10-6-8-12-31(29)32/h5-12,19,32-33,41,43-45H,13-18,20-22H2,1-4H3,(H,52,63)/t33-,41+,43+,44-,45-/m1/s1. The predicted octanol–water partition coefficient (Wildman–Crippen LogP) is 3.98. The first-order chi connectivity index (χ1) is 33.8. The molecule has 1 fully saturated rings. The number of amides is 2. The zero-order chi connectivity index (χ0) is 51.5. The summed E-state index contributed by atoms with van der Waals surface area (Å²) in [6.07, 6.45) is -7.14. The van der Waals surface area contributed by atoms with Crippen molar-refractivity contribution in [1.82, 2.24) is 25.2 Å². The van der Waals surface area contributed by atoms with Gasteiger partial charge in [-0.25, -0.2) is 27.4 Å². The number of rotatable bonds is 20. The Bertz CT molecular complexity index is 2580. The molecule has 0 radical (unpaired) electrons. The van der Waals surface area contributed by atoms with Crippen molar-refractivity contribution >= 4 is 41.8 Å². The SMILES string of the molecule is CC(=O)OC[C@H]1O[C@@H](OCCn2cc(CCC(=O)N(CCNC(=O)OCC3c4ccccc4-c4ccccc43)CC(=O)Oc3c(F)c(F)c(F)c(F)c3F)nn2)[C@H](OC(C)=O)[C@@H](OC(C)=O)[C@H]1OC(C)=O. The molecular formula is C46H46F5N5O15. The second-order valence-corrected chi connectivity index (χ2v) is 15.9. The van der Waals surface area contributed by atoms with Crippen LogP contribution in [0.5, 0.6) is 5.75 Å². The van der Waals surface area contributed by atoms with Gasteiger partial charge in [0.15, 0.2) is 24.6 Å². The van der Waals surface area contributed by atoms with Crippen LogP contribution < -0.4 is 10.1 Å². The van der Waals surface area contributed by atoms with Crippen molar-refractivity contribution in [2.75, 3.05) is 39.5 Å². The minimum absolute atomic E-state index is 0.0561. The summed E-state index contributed by atoms with van der Waals surface area (Å²) in [5.41, 5.74) is 4.09. The monoisotopic (exact) mass is 1000 g/mol. The second kappa shape index (κ2) is 23.9. The lowest BCUT2D eigenvalue weighted by Crippen LogP contribution is -2.63. The van der Waals surface area contributed by atoms with E-state index in [2.05, 4.69) is 20.4 Å². The van der Waals surface area contributed by atoms with Crippen LogP contribution in [0.1, 0.15) is 56.9 Å². The Morgan fingerprint density at radius 3 is 1.90 bits per heavy atom. The summed E-state index contributed by atoms with van der Waals surface area (Å²) in [4.78, 5) is 88.1. The zero-order valence-electron chi connectivity index (χ0n) is 38.3. The minimum atomic E-state index is -2.48. The molecule has 6 rings (SSSR count). The number of nitrogens with zero attached hydrogens (tertiary/aromatic N) is 4. The van der Waals surface area contributed by atoms with Gasteiger partial charge in [-0.1, -0.05) is 53.7 Å². The summed E-state index contributed by atoms with van der Waals surface area (Å²) in [6.45, 7) is 1.61. The fourth-order valence-corrected chi connectivity index (χ4v) is 7.75. The highest BCUT2D eigenvalue weighted by atomic mass is 19.2. The Kier molecular flexibility index (Phi) is 17.7. The molecule has 1 saturated heterocycles. The fraction of sp³-hybridized carbons (Fsp3) is 0.413. The van der Waals surface area contributed by atoms with Gasteiger partial charge in [0.05, 0.1) is 18.8 Å². The smallest absolute Gasteiger partial charge is 0.407 e. The van der Waals surface area contributed by atoms with Gasteiger partial charge >= 0.3 is 35.9 Å². The molecule has 380 valence electrons. The lowest BCUT2D eigenvalue weighted by atomic mass is 9.98. The van der Waals surface area contributed by atoms with Crippen LogP contribution in [-0.2, 0) is 74.9 Å². The van der Waals surface area contributed by atoms with E-state index < -0.39 is 134 Å². The Labute approximate surface area is 400 Å². The minimum Gasteiger partial charge on any atom is -0.463 e. The van der Waals surface area contributed by atoms with Gasteiger partial charge in [-0.15, -0.1) is 5.10 Å². The number of esters is 5. The van der Waals surface area contributed by atoms with Gasteiger partial charge < -0.3 is 48.1 Å². The number of carbonyl (C=O) groups excluding carboxylic acids is 7. The van der Waals surface area contributed by atoms with Crippen LogP contribution in [0, 0.1) is 29.1 Å². The molecule has 4 aromatic rings. The van der Waals surface area contributed by atoms with Crippen molar-refractivity contribution in [3.63, 3.8) is 0 Å². The van der Waals surface area contributed by atoms with Crippen molar-refractivity contribution < 1.29 is 93.4 Å². The maximum Gasteiger partial charge on any atom is 0.407 e. The summed E-state index contributed by atoms with van der Waals surface area (Å²) in [7, 11) is 0. The average Bonchev–Trinajstić information content (AvgIpc) is 3.92. The maximum absolute atomic E-state index is 14.4. The van der Waals surface area contributed by atoms with Crippen molar-refractivity contribution in [1.29, 1.82) is 0 Å². The highest BCUT2D eigenvalue weighted by Gasteiger charge is 2.53. The first-order valence-corrected chi connectivity index (χ1v) is 21.7. The topological polar surface area (TPSA) is 239 Å². The van der Waals surface area contributed by atoms with Crippen LogP contribution in [0.3, 0.4) is 0 Å². The number of nitrogens with one attached hydrogen (secondary N) is 1. The van der Waals surface area contributed by atoms with E-state index in [9.17, 15) is 55.5 Å². The van der Waals surface area contributed by atoms with Crippen LogP contribution in [0.15, 0.2) is 54.7 Å². The lowest BCUT2D eigenvalue weighted by molar-refractivity contribution is -0.308. The van der Waals surface area contributed by atoms with E-state index in [1.165, 1.54) is 10.9 Å². The molecule has 0 saturated carbocycles. The fourth-order valence-electron chi connectivity index (χ4n) is 7.75. The molecular weight excluding hydrogens is 958 g/mol. The number of ether oxygens (including phenoxy) is 8. The Morgan fingerprint density at radius 2 is 1.30 bits per heavy atom. The van der Waals surface area contributed by atoms with E-state index in [-0.39, 0.29) is 44.3 Å². The van der Waals surface area contributed by atoms with Gasteiger partial charge in [-0.2, -0.15) is 8.78 Å². The van der Waals surface area contributed by atoms with E-state index in [4.69, 9.17) is 33.2 Å². The molecule has 1 N–H and O–H groups in total. The molecule has 0 unspecified atom stereocenters. The Hall–Kier alpha value is -7.54. The number of alkyl carbamates (subject to hydrolysis) is 1. The highest BCUT2D eigenvalue weighted by molar-refractivity contribution is 5.83. The lowest BCUT2D eigenvalue weighted by Gasteiger charge is -2.44. The summed E-state index contributed by atoms with van der Waals surface area (Å²) in [5.74, 6) is -19.9. The van der Waals surface area contributed by atoms with Crippen LogP contribution >= 0.6 is 0 Å². The Morgan fingerprint density at radius 1 is 0.718 bits per heavy atom. The van der Waals surface area contributed by atoms with E-state index in [1.54, 1.807) is 0 Å². The van der Waals surface area contributed by atoms with E-state index in [1.807, 2.05) is 48.5 Å². The second-order valence-electron chi connectivity index (χ2n) is 15.9. The molecule has 0 spiro atoms. The van der Waals surface area contributed by atoms with Gasteiger partial charge in [-0.05, 0) is 22.3 Å². The molecule has 1 aromatic heterocycles. The van der Waals surface area contributed by atoms with Crippen LogP contribution in [-0.4, -0.2) is 132 Å². The average molecular weight is 1000 g/mol. The van der Waals surface area contributed by atoms with E-state index in [0.717, 1.165) is 54.8 Å². The number of hydrogen-bond acceptors (Lipinski definition) is 17. The normalized spacial score (nSPS) is 18.1. The number of aromatic nitrogens is 3. The quantitative estimate of drug-likeness (QED) is 0.0329. The van der Waals surface area contributed by atoms with Crippen molar-refractivity contribution in [3.8, 4) is 16.9 Å². The predicted molar refractivity (Wildman–Crippen MR) is 228 cm³/mol. The van der Waals surface area contributed by atoms with E-state index in [0.29, 0.717) is 0 Å². The van der Waals surface area contributed by atoms with E-state index >= 15 is 0 Å². The third-order valence-electron chi connectivity index (χ3n) is 10.8. The maximum atomic E-state index is 14.4. The Balaban J connectivity index is 1.08. The van der Waals surface area contributed by atoms with Crippen LogP contribution in [0.25, 0.3) is 11.1 Å². The van der Waals surface area contributed by atoms with Gasteiger partial charge in [0.25, 0.3) is 0 Å². The number of carbonyl (C=O) groups is 7. The van der Waals surface area contributed by atoms with Crippen LogP contribution in [0.4, 0.5) is 26.7 Å². The van der Waals surface area contributed by atoms with Gasteiger partial charge in [0, 0.05) is 65.7 Å². The third kappa shape index (κ3) is 13.4. The summed E-state index contributed by atoms with van der Waals surface area (Å²) >= 11 is 0. The molecule has 5 atom stereocenters. The molecule has 2 aliphatic rings. The zero-order valence-corrected chi connectivity index (χ0v) is 38.3. The van der Waals surface area contributed by atoms with Crippen molar-refractivity contribution in [2.24, 2.45) is 0 Å². The first kappa shape index (κ1) is 52.8. The molecule has 0 bridgehead atoms. The van der Waals surface area contributed by atoms with Crippen LogP contribution in [0.2, 0.25) is 0 Å². The molecule has 1 aliphatic heterocycles. The number of fused-ring (bicyclic) bond motifs is 3. The van der Waals surface area contributed by atoms with Gasteiger partial charge in [0.2, 0.25) is 40.7 Å². The number of hydrogen-bond donors (Lipinski definition) is 1. The van der Waals surface area contributed by atoms with Crippen molar-refractivity contribution in [3.05, 3.63) is 101 Å². The molecule has 3 aromatic carbocycles. The molecule has 1 aliphatic carbocycles. The largest absolute Gasteiger partial charge is 0.463 e. The van der Waals surface area contributed by atoms with Crippen molar-refractivity contribution in [2.45, 2.75) is 83.7 Å². The summed E-state index contributed by atoms with van der Waals surface area (Å²) < 4.78 is 114. The molecule has 71 heavy (non-hydrogen) atoms. The molecule has 25 heteroatoms. The number of halogens is 5. The molecule has 20 nitrogen and oxygen atoms in total. The van der Waals surface area contributed by atoms with Gasteiger partial charge in [-0.3, -0.25) is 24.0 Å². The molecule has 2 heterocycles. The molecule has 2 amide bonds. The highest BCUT2D eigenvalue weighted by Crippen LogP contribution is 2.44.